The lowest BCUT2D eigenvalue weighted by molar-refractivity contribution is 1.08. The van der Waals surface area contributed by atoms with Crippen LogP contribution < -0.4 is 5.32 Å². The van der Waals surface area contributed by atoms with E-state index in [1.54, 1.807) is 11.8 Å². The minimum absolute atomic E-state index is 0.867. The standard InChI is InChI=1S/C14H14N4S/c1-2-15-13-9-10(7-8-16-13)19-14-17-11-5-3-4-6-12(11)18-14/h3-9H,2H2,1H3,(H,15,16)(H,17,18). The summed E-state index contributed by atoms with van der Waals surface area (Å²) in [5.41, 5.74) is 2.05. The predicted octanol–water partition coefficient (Wildman–Crippen LogP) is 3.54. The summed E-state index contributed by atoms with van der Waals surface area (Å²) in [5, 5.41) is 4.10. The molecule has 0 radical (unpaired) electrons. The van der Waals surface area contributed by atoms with Crippen molar-refractivity contribution < 1.29 is 0 Å². The minimum atomic E-state index is 0.867. The molecule has 96 valence electrons. The number of anilines is 1. The van der Waals surface area contributed by atoms with Crippen molar-refractivity contribution >= 4 is 28.6 Å². The van der Waals surface area contributed by atoms with E-state index in [1.165, 1.54) is 0 Å². The largest absolute Gasteiger partial charge is 0.370 e. The van der Waals surface area contributed by atoms with Gasteiger partial charge in [-0.25, -0.2) is 9.97 Å². The van der Waals surface area contributed by atoms with E-state index in [0.29, 0.717) is 0 Å². The van der Waals surface area contributed by atoms with Gasteiger partial charge in [0.25, 0.3) is 0 Å². The molecule has 0 amide bonds. The van der Waals surface area contributed by atoms with E-state index < -0.39 is 0 Å². The van der Waals surface area contributed by atoms with Crippen molar-refractivity contribution in [2.75, 3.05) is 11.9 Å². The maximum atomic E-state index is 4.55. The lowest BCUT2D eigenvalue weighted by Gasteiger charge is -2.03. The molecule has 0 saturated heterocycles. The Morgan fingerprint density at radius 3 is 3.00 bits per heavy atom. The fraction of sp³-hybridized carbons (Fsp3) is 0.143. The highest BCUT2D eigenvalue weighted by Crippen LogP contribution is 2.27. The van der Waals surface area contributed by atoms with E-state index in [4.69, 9.17) is 0 Å². The molecule has 3 rings (SSSR count). The number of rotatable bonds is 4. The maximum Gasteiger partial charge on any atom is 0.171 e. The topological polar surface area (TPSA) is 53.6 Å². The number of nitrogens with one attached hydrogen (secondary N) is 2. The van der Waals surface area contributed by atoms with Crippen molar-refractivity contribution in [2.24, 2.45) is 0 Å². The lowest BCUT2D eigenvalue weighted by Crippen LogP contribution is -1.98. The Morgan fingerprint density at radius 1 is 1.26 bits per heavy atom. The van der Waals surface area contributed by atoms with Crippen LogP contribution in [0.2, 0.25) is 0 Å². The molecule has 0 aliphatic rings. The maximum absolute atomic E-state index is 4.55. The molecule has 1 aromatic carbocycles. The van der Waals surface area contributed by atoms with Crippen LogP contribution in [0.25, 0.3) is 11.0 Å². The van der Waals surface area contributed by atoms with Crippen molar-refractivity contribution in [1.82, 2.24) is 15.0 Å². The second-order valence-corrected chi connectivity index (χ2v) is 5.13. The van der Waals surface area contributed by atoms with Gasteiger partial charge in [-0.05, 0) is 31.2 Å². The summed E-state index contributed by atoms with van der Waals surface area (Å²) in [6.07, 6.45) is 1.81. The third-order valence-electron chi connectivity index (χ3n) is 2.67. The first-order valence-electron chi connectivity index (χ1n) is 6.17. The van der Waals surface area contributed by atoms with Gasteiger partial charge in [-0.2, -0.15) is 0 Å². The van der Waals surface area contributed by atoms with E-state index in [-0.39, 0.29) is 0 Å². The molecule has 19 heavy (non-hydrogen) atoms. The van der Waals surface area contributed by atoms with Crippen LogP contribution in [0.1, 0.15) is 6.92 Å². The van der Waals surface area contributed by atoms with E-state index in [0.717, 1.165) is 33.4 Å². The Bertz CT molecular complexity index is 659. The van der Waals surface area contributed by atoms with Crippen molar-refractivity contribution in [2.45, 2.75) is 17.0 Å². The first-order valence-corrected chi connectivity index (χ1v) is 6.99. The number of hydrogen-bond acceptors (Lipinski definition) is 4. The Morgan fingerprint density at radius 2 is 2.16 bits per heavy atom. The number of pyridine rings is 1. The number of hydrogen-bond donors (Lipinski definition) is 2. The molecule has 0 atom stereocenters. The quantitative estimate of drug-likeness (QED) is 0.761. The molecular formula is C14H14N4S. The highest BCUT2D eigenvalue weighted by atomic mass is 32.2. The molecule has 3 aromatic rings. The molecule has 0 spiro atoms. The Kier molecular flexibility index (Phi) is 3.37. The number of aromatic nitrogens is 3. The van der Waals surface area contributed by atoms with E-state index in [2.05, 4.69) is 27.2 Å². The van der Waals surface area contributed by atoms with E-state index >= 15 is 0 Å². The van der Waals surface area contributed by atoms with Gasteiger partial charge in [0.1, 0.15) is 5.82 Å². The smallest absolute Gasteiger partial charge is 0.171 e. The van der Waals surface area contributed by atoms with Crippen LogP contribution in [0.4, 0.5) is 5.82 Å². The minimum Gasteiger partial charge on any atom is -0.370 e. The summed E-state index contributed by atoms with van der Waals surface area (Å²) in [5.74, 6) is 0.892. The zero-order chi connectivity index (χ0) is 13.1. The van der Waals surface area contributed by atoms with E-state index in [1.807, 2.05) is 42.6 Å². The number of para-hydroxylation sites is 2. The van der Waals surface area contributed by atoms with Crippen molar-refractivity contribution in [3.05, 3.63) is 42.6 Å². The van der Waals surface area contributed by atoms with Crippen molar-refractivity contribution in [3.8, 4) is 0 Å². The van der Waals surface area contributed by atoms with Crippen LogP contribution in [0.3, 0.4) is 0 Å². The number of aromatic amines is 1. The van der Waals surface area contributed by atoms with Gasteiger partial charge >= 0.3 is 0 Å². The van der Waals surface area contributed by atoms with Crippen LogP contribution in [0, 0.1) is 0 Å². The molecule has 0 saturated carbocycles. The van der Waals surface area contributed by atoms with Crippen molar-refractivity contribution in [1.29, 1.82) is 0 Å². The van der Waals surface area contributed by atoms with Gasteiger partial charge in [0, 0.05) is 17.6 Å². The number of imidazole rings is 1. The molecule has 0 aliphatic carbocycles. The molecule has 2 aromatic heterocycles. The van der Waals surface area contributed by atoms with Crippen LogP contribution in [-0.4, -0.2) is 21.5 Å². The van der Waals surface area contributed by atoms with Crippen LogP contribution >= 0.6 is 11.8 Å². The second kappa shape index (κ2) is 5.32. The lowest BCUT2D eigenvalue weighted by atomic mass is 10.3. The second-order valence-electron chi connectivity index (χ2n) is 4.07. The molecule has 0 bridgehead atoms. The zero-order valence-corrected chi connectivity index (χ0v) is 11.4. The molecule has 0 aliphatic heterocycles. The first kappa shape index (κ1) is 12.0. The molecule has 2 N–H and O–H groups in total. The number of nitrogens with zero attached hydrogens (tertiary/aromatic N) is 2. The van der Waals surface area contributed by atoms with Gasteiger partial charge in [0.05, 0.1) is 11.0 Å². The third kappa shape index (κ3) is 2.71. The molecule has 0 fully saturated rings. The highest BCUT2D eigenvalue weighted by molar-refractivity contribution is 7.99. The monoisotopic (exact) mass is 270 g/mol. The normalized spacial score (nSPS) is 10.8. The summed E-state index contributed by atoms with van der Waals surface area (Å²) in [7, 11) is 0. The first-order chi connectivity index (χ1) is 9.35. The summed E-state index contributed by atoms with van der Waals surface area (Å²) in [6, 6.07) is 12.0. The van der Waals surface area contributed by atoms with Gasteiger partial charge in [-0.15, -0.1) is 0 Å². The van der Waals surface area contributed by atoms with Crippen molar-refractivity contribution in [3.63, 3.8) is 0 Å². The van der Waals surface area contributed by atoms with Gasteiger partial charge in [0.2, 0.25) is 0 Å². The van der Waals surface area contributed by atoms with Crippen LogP contribution in [0.5, 0.6) is 0 Å². The highest BCUT2D eigenvalue weighted by Gasteiger charge is 2.04. The predicted molar refractivity (Wildman–Crippen MR) is 78.6 cm³/mol. The van der Waals surface area contributed by atoms with Gasteiger partial charge in [0.15, 0.2) is 5.16 Å². The molecule has 5 heteroatoms. The summed E-state index contributed by atoms with van der Waals surface area (Å²) >= 11 is 1.61. The van der Waals surface area contributed by atoms with E-state index in [9.17, 15) is 0 Å². The van der Waals surface area contributed by atoms with Crippen LogP contribution in [-0.2, 0) is 0 Å². The Hall–Kier alpha value is -2.01. The number of fused-ring (bicyclic) bond motifs is 1. The Labute approximate surface area is 115 Å². The average molecular weight is 270 g/mol. The van der Waals surface area contributed by atoms with Gasteiger partial charge in [-0.3, -0.25) is 0 Å². The molecule has 2 heterocycles. The summed E-state index contributed by atoms with van der Waals surface area (Å²) in [4.78, 5) is 13.2. The molecule has 0 unspecified atom stereocenters. The zero-order valence-electron chi connectivity index (χ0n) is 10.6. The summed E-state index contributed by atoms with van der Waals surface area (Å²) in [6.45, 7) is 2.92. The number of H-pyrrole nitrogens is 1. The SMILES string of the molecule is CCNc1cc(Sc2nc3ccccc3[nH]2)ccn1. The molecular weight excluding hydrogens is 256 g/mol. The number of benzene rings is 1. The molecule has 4 nitrogen and oxygen atoms in total. The average Bonchev–Trinajstić information content (AvgIpc) is 2.81. The van der Waals surface area contributed by atoms with Gasteiger partial charge < -0.3 is 10.3 Å². The van der Waals surface area contributed by atoms with Gasteiger partial charge in [-0.1, -0.05) is 23.9 Å². The third-order valence-corrected chi connectivity index (χ3v) is 3.55. The fourth-order valence-electron chi connectivity index (χ4n) is 1.84. The van der Waals surface area contributed by atoms with Crippen LogP contribution in [0.15, 0.2) is 52.6 Å². The fourth-order valence-corrected chi connectivity index (χ4v) is 2.67. The Balaban J connectivity index is 1.85. The summed E-state index contributed by atoms with van der Waals surface area (Å²) < 4.78 is 0.